The standard InChI is InChI=1S/C39H52N4O5/c1-39(2,3)41-38(47)34-26-42(20-21-48-27-29-14-8-5-9-15-29)18-19-43(34)25-32(44)23-31(22-28-12-6-4-7-13-28)37(46)40-36-33-17-11-10-16-30(33)24-35(36)45/h4-17,31-32,34-36,44-45H,18-27H2,1-3H3,(H,40,46)(H,41,47)/t31-,32+,34+,35-,36+/m1/s1. The molecule has 1 aliphatic carbocycles. The molecule has 2 amide bonds. The number of amides is 2. The number of β-amino-alcohol motifs (C(OH)–C–C–N with tert-alkyl or cyclic N) is 1. The highest BCUT2D eigenvalue weighted by Crippen LogP contribution is 2.32. The minimum absolute atomic E-state index is 0.0722. The van der Waals surface area contributed by atoms with Gasteiger partial charge in [-0.3, -0.25) is 19.4 Å². The van der Waals surface area contributed by atoms with Gasteiger partial charge in [-0.2, -0.15) is 0 Å². The summed E-state index contributed by atoms with van der Waals surface area (Å²) >= 11 is 0. The summed E-state index contributed by atoms with van der Waals surface area (Å²) in [6.07, 6.45) is -0.353. The fourth-order valence-corrected chi connectivity index (χ4v) is 6.83. The molecule has 1 aliphatic heterocycles. The van der Waals surface area contributed by atoms with Crippen molar-refractivity contribution in [2.75, 3.05) is 39.3 Å². The lowest BCUT2D eigenvalue weighted by Crippen LogP contribution is -2.62. The summed E-state index contributed by atoms with van der Waals surface area (Å²) in [5.41, 5.74) is 3.71. The van der Waals surface area contributed by atoms with E-state index >= 15 is 0 Å². The van der Waals surface area contributed by atoms with Crippen LogP contribution in [0.25, 0.3) is 0 Å². The fourth-order valence-electron chi connectivity index (χ4n) is 6.83. The zero-order valence-electron chi connectivity index (χ0n) is 28.6. The van der Waals surface area contributed by atoms with Gasteiger partial charge in [0.2, 0.25) is 11.8 Å². The Morgan fingerprint density at radius 2 is 1.60 bits per heavy atom. The molecule has 0 saturated carbocycles. The summed E-state index contributed by atoms with van der Waals surface area (Å²) in [5, 5.41) is 28.6. The molecule has 0 aromatic heterocycles. The largest absolute Gasteiger partial charge is 0.392 e. The van der Waals surface area contributed by atoms with Crippen LogP contribution in [0, 0.1) is 5.92 Å². The molecule has 5 rings (SSSR count). The maximum absolute atomic E-state index is 13.8. The van der Waals surface area contributed by atoms with Gasteiger partial charge in [-0.1, -0.05) is 84.9 Å². The van der Waals surface area contributed by atoms with Crippen molar-refractivity contribution >= 4 is 11.8 Å². The van der Waals surface area contributed by atoms with Crippen LogP contribution < -0.4 is 10.6 Å². The predicted octanol–water partition coefficient (Wildman–Crippen LogP) is 3.49. The van der Waals surface area contributed by atoms with E-state index in [0.717, 1.165) is 28.8 Å². The van der Waals surface area contributed by atoms with Gasteiger partial charge in [0, 0.05) is 50.6 Å². The number of hydrogen-bond donors (Lipinski definition) is 4. The van der Waals surface area contributed by atoms with E-state index in [1.165, 1.54) is 0 Å². The Morgan fingerprint density at radius 1 is 0.938 bits per heavy atom. The van der Waals surface area contributed by atoms with Crippen LogP contribution in [0.4, 0.5) is 0 Å². The fraction of sp³-hybridized carbons (Fsp3) is 0.487. The summed E-state index contributed by atoms with van der Waals surface area (Å²) in [4.78, 5) is 31.7. The molecule has 1 saturated heterocycles. The van der Waals surface area contributed by atoms with Crippen molar-refractivity contribution in [1.82, 2.24) is 20.4 Å². The number of ether oxygens (including phenoxy) is 1. The van der Waals surface area contributed by atoms with Gasteiger partial charge in [0.05, 0.1) is 31.5 Å². The number of nitrogens with zero attached hydrogens (tertiary/aromatic N) is 2. The normalized spacial score (nSPS) is 21.3. The van der Waals surface area contributed by atoms with Crippen molar-refractivity contribution in [3.63, 3.8) is 0 Å². The van der Waals surface area contributed by atoms with E-state index in [-0.39, 0.29) is 24.8 Å². The van der Waals surface area contributed by atoms with E-state index in [4.69, 9.17) is 4.74 Å². The van der Waals surface area contributed by atoms with E-state index in [9.17, 15) is 19.8 Å². The maximum Gasteiger partial charge on any atom is 0.239 e. The van der Waals surface area contributed by atoms with Crippen LogP contribution in [0.1, 0.15) is 55.5 Å². The quantitative estimate of drug-likeness (QED) is 0.197. The van der Waals surface area contributed by atoms with E-state index in [0.29, 0.717) is 45.7 Å². The van der Waals surface area contributed by atoms with Crippen molar-refractivity contribution < 1.29 is 24.5 Å². The second-order valence-electron chi connectivity index (χ2n) is 14.3. The number of carbonyl (C=O) groups is 2. The lowest BCUT2D eigenvalue weighted by molar-refractivity contribution is -0.132. The predicted molar refractivity (Wildman–Crippen MR) is 187 cm³/mol. The molecule has 2 aliphatic rings. The number of nitrogens with one attached hydrogen (secondary N) is 2. The minimum Gasteiger partial charge on any atom is -0.392 e. The molecule has 0 radical (unpaired) electrons. The number of carbonyl (C=O) groups excluding carboxylic acids is 2. The Hall–Kier alpha value is -3.60. The van der Waals surface area contributed by atoms with E-state index in [1.54, 1.807) is 0 Å². The average Bonchev–Trinajstić information content (AvgIpc) is 3.37. The Morgan fingerprint density at radius 3 is 2.31 bits per heavy atom. The molecule has 258 valence electrons. The van der Waals surface area contributed by atoms with Gasteiger partial charge in [-0.05, 0) is 55.9 Å². The molecule has 9 heteroatoms. The first-order valence-corrected chi connectivity index (χ1v) is 17.2. The smallest absolute Gasteiger partial charge is 0.239 e. The van der Waals surface area contributed by atoms with Crippen LogP contribution in [-0.2, 0) is 33.8 Å². The molecule has 4 N–H and O–H groups in total. The number of piperazine rings is 1. The monoisotopic (exact) mass is 656 g/mol. The Balaban J connectivity index is 1.23. The second-order valence-corrected chi connectivity index (χ2v) is 14.3. The number of fused-ring (bicyclic) bond motifs is 1. The lowest BCUT2D eigenvalue weighted by Gasteiger charge is -2.42. The maximum atomic E-state index is 13.8. The van der Waals surface area contributed by atoms with E-state index in [2.05, 4.69) is 20.4 Å². The van der Waals surface area contributed by atoms with Gasteiger partial charge in [0.15, 0.2) is 0 Å². The number of hydrogen-bond acceptors (Lipinski definition) is 7. The third-order valence-corrected chi connectivity index (χ3v) is 9.24. The molecular weight excluding hydrogens is 604 g/mol. The van der Waals surface area contributed by atoms with E-state index < -0.39 is 35.7 Å². The zero-order chi connectivity index (χ0) is 34.1. The third-order valence-electron chi connectivity index (χ3n) is 9.24. The second kappa shape index (κ2) is 16.7. The van der Waals surface area contributed by atoms with Crippen molar-refractivity contribution in [3.05, 3.63) is 107 Å². The molecule has 0 spiro atoms. The van der Waals surface area contributed by atoms with E-state index in [1.807, 2.05) is 106 Å². The molecule has 5 atom stereocenters. The molecule has 1 heterocycles. The first kappa shape index (κ1) is 35.7. The summed E-state index contributed by atoms with van der Waals surface area (Å²) in [6.45, 7) is 9.86. The van der Waals surface area contributed by atoms with Crippen LogP contribution in [0.3, 0.4) is 0 Å². The molecule has 0 bridgehead atoms. The SMILES string of the molecule is CC(C)(C)NC(=O)[C@@H]1CN(CCOCc2ccccc2)CCN1C[C@@H](O)C[C@@H](Cc1ccccc1)C(=O)N[C@H]1c2ccccc2C[C@H]1O. The van der Waals surface area contributed by atoms with Crippen molar-refractivity contribution in [2.24, 2.45) is 5.92 Å². The minimum atomic E-state index is -0.837. The summed E-state index contributed by atoms with van der Waals surface area (Å²) in [5.74, 6) is -0.787. The molecule has 48 heavy (non-hydrogen) atoms. The molecule has 9 nitrogen and oxygen atoms in total. The number of benzene rings is 3. The van der Waals surface area contributed by atoms with Crippen molar-refractivity contribution in [3.8, 4) is 0 Å². The van der Waals surface area contributed by atoms with Crippen LogP contribution in [0.15, 0.2) is 84.9 Å². The Kier molecular flexibility index (Phi) is 12.4. The van der Waals surface area contributed by atoms with Crippen molar-refractivity contribution in [2.45, 2.75) is 76.5 Å². The van der Waals surface area contributed by atoms with Crippen LogP contribution in [-0.4, -0.2) is 94.9 Å². The Labute approximate surface area is 285 Å². The highest BCUT2D eigenvalue weighted by atomic mass is 16.5. The molecule has 1 fully saturated rings. The van der Waals surface area contributed by atoms with Crippen molar-refractivity contribution in [1.29, 1.82) is 0 Å². The molecular formula is C39H52N4O5. The number of aliphatic hydroxyl groups excluding tert-OH is 2. The summed E-state index contributed by atoms with van der Waals surface area (Å²) in [6, 6.07) is 26.8. The third kappa shape index (κ3) is 10.2. The Bertz CT molecular complexity index is 1460. The summed E-state index contributed by atoms with van der Waals surface area (Å²) < 4.78 is 5.93. The first-order valence-electron chi connectivity index (χ1n) is 17.2. The first-order chi connectivity index (χ1) is 23.1. The van der Waals surface area contributed by atoms with Gasteiger partial charge in [0.25, 0.3) is 0 Å². The average molecular weight is 657 g/mol. The van der Waals surface area contributed by atoms with Gasteiger partial charge in [-0.25, -0.2) is 0 Å². The number of rotatable bonds is 14. The zero-order valence-corrected chi connectivity index (χ0v) is 28.6. The topological polar surface area (TPSA) is 114 Å². The molecule has 3 aromatic rings. The van der Waals surface area contributed by atoms with Gasteiger partial charge < -0.3 is 25.6 Å². The van der Waals surface area contributed by atoms with Gasteiger partial charge in [0.1, 0.15) is 6.04 Å². The highest BCUT2D eigenvalue weighted by Gasteiger charge is 2.37. The van der Waals surface area contributed by atoms with Gasteiger partial charge >= 0.3 is 0 Å². The van der Waals surface area contributed by atoms with Crippen LogP contribution in [0.5, 0.6) is 0 Å². The highest BCUT2D eigenvalue weighted by molar-refractivity contribution is 5.83. The lowest BCUT2D eigenvalue weighted by atomic mass is 9.91. The summed E-state index contributed by atoms with van der Waals surface area (Å²) in [7, 11) is 0. The molecule has 0 unspecified atom stereocenters. The molecule has 3 aromatic carbocycles. The number of aliphatic hydroxyl groups is 2. The van der Waals surface area contributed by atoms with Crippen LogP contribution in [0.2, 0.25) is 0 Å². The van der Waals surface area contributed by atoms with Gasteiger partial charge in [-0.15, -0.1) is 0 Å². The van der Waals surface area contributed by atoms with Crippen LogP contribution >= 0.6 is 0 Å².